The van der Waals surface area contributed by atoms with Gasteiger partial charge < -0.3 is 20.1 Å². The van der Waals surface area contributed by atoms with E-state index < -0.39 is 22.5 Å². The fourth-order valence-corrected chi connectivity index (χ4v) is 4.62. The first-order valence-electron chi connectivity index (χ1n) is 10.2. The van der Waals surface area contributed by atoms with Gasteiger partial charge in [0.05, 0.1) is 24.8 Å². The number of nitrogens with zero attached hydrogens (tertiary/aromatic N) is 1. The Hall–Kier alpha value is -4.05. The number of anilines is 3. The number of carbonyl (C=O) groups excluding carboxylic acids is 2. The molecular weight excluding hydrogens is 458 g/mol. The van der Waals surface area contributed by atoms with Crippen LogP contribution in [0, 0.1) is 0 Å². The molecule has 0 atom stereocenters. The van der Waals surface area contributed by atoms with E-state index in [0.717, 1.165) is 4.31 Å². The van der Waals surface area contributed by atoms with Gasteiger partial charge in [0.2, 0.25) is 11.8 Å². The van der Waals surface area contributed by atoms with Crippen LogP contribution in [-0.2, 0) is 19.6 Å². The highest BCUT2D eigenvalue weighted by Crippen LogP contribution is 2.32. The van der Waals surface area contributed by atoms with E-state index in [0.29, 0.717) is 22.8 Å². The van der Waals surface area contributed by atoms with E-state index in [1.807, 2.05) is 0 Å². The third-order valence-corrected chi connectivity index (χ3v) is 6.53. The second-order valence-electron chi connectivity index (χ2n) is 7.17. The Kier molecular flexibility index (Phi) is 7.75. The number of hydrogen-bond acceptors (Lipinski definition) is 6. The van der Waals surface area contributed by atoms with Gasteiger partial charge in [-0.25, -0.2) is 8.42 Å². The normalized spacial score (nSPS) is 10.8. The summed E-state index contributed by atoms with van der Waals surface area (Å²) in [4.78, 5) is 23.9. The van der Waals surface area contributed by atoms with Crippen LogP contribution in [0.2, 0.25) is 0 Å². The Morgan fingerprint density at radius 2 is 1.41 bits per heavy atom. The second-order valence-corrected chi connectivity index (χ2v) is 9.03. The highest BCUT2D eigenvalue weighted by atomic mass is 32.2. The summed E-state index contributed by atoms with van der Waals surface area (Å²) in [7, 11) is -1.27. The van der Waals surface area contributed by atoms with E-state index in [1.165, 1.54) is 39.3 Å². The zero-order chi connectivity index (χ0) is 24.7. The van der Waals surface area contributed by atoms with E-state index in [9.17, 15) is 18.0 Å². The van der Waals surface area contributed by atoms with Gasteiger partial charge in [0.25, 0.3) is 10.0 Å². The molecule has 10 heteroatoms. The molecule has 0 radical (unpaired) electrons. The van der Waals surface area contributed by atoms with E-state index in [1.54, 1.807) is 54.6 Å². The fourth-order valence-electron chi connectivity index (χ4n) is 3.18. The molecule has 0 saturated carbocycles. The van der Waals surface area contributed by atoms with Gasteiger partial charge in [-0.2, -0.15) is 0 Å². The van der Waals surface area contributed by atoms with E-state index >= 15 is 0 Å². The van der Waals surface area contributed by atoms with Crippen molar-refractivity contribution in [3.8, 4) is 11.5 Å². The molecule has 2 amide bonds. The van der Waals surface area contributed by atoms with Crippen LogP contribution in [0.5, 0.6) is 11.5 Å². The predicted molar refractivity (Wildman–Crippen MR) is 130 cm³/mol. The minimum absolute atomic E-state index is 0.0542. The van der Waals surface area contributed by atoms with Crippen molar-refractivity contribution in [2.45, 2.75) is 11.8 Å². The van der Waals surface area contributed by atoms with Gasteiger partial charge in [0, 0.05) is 24.4 Å². The summed E-state index contributed by atoms with van der Waals surface area (Å²) in [5, 5.41) is 5.32. The van der Waals surface area contributed by atoms with Crippen molar-refractivity contribution in [3.05, 3.63) is 72.8 Å². The van der Waals surface area contributed by atoms with Gasteiger partial charge >= 0.3 is 0 Å². The Bertz CT molecular complexity index is 1260. The number of carbonyl (C=O) groups is 2. The number of hydrogen-bond donors (Lipinski definition) is 2. The molecule has 3 aromatic carbocycles. The number of benzene rings is 3. The van der Waals surface area contributed by atoms with Crippen LogP contribution in [0.25, 0.3) is 0 Å². The number of nitrogens with one attached hydrogen (secondary N) is 2. The molecule has 0 unspecified atom stereocenters. The van der Waals surface area contributed by atoms with E-state index in [-0.39, 0.29) is 16.6 Å². The lowest BCUT2D eigenvalue weighted by atomic mass is 10.2. The van der Waals surface area contributed by atoms with Gasteiger partial charge in [0.15, 0.2) is 11.5 Å². The van der Waals surface area contributed by atoms with Crippen LogP contribution in [-0.4, -0.2) is 41.0 Å². The molecule has 0 aliphatic rings. The van der Waals surface area contributed by atoms with E-state index in [4.69, 9.17) is 9.47 Å². The predicted octanol–water partition coefficient (Wildman–Crippen LogP) is 3.50. The molecule has 0 heterocycles. The van der Waals surface area contributed by atoms with Crippen molar-refractivity contribution in [1.82, 2.24) is 0 Å². The molecule has 34 heavy (non-hydrogen) atoms. The van der Waals surface area contributed by atoms with Gasteiger partial charge in [-0.3, -0.25) is 13.9 Å². The Morgan fingerprint density at radius 1 is 0.824 bits per heavy atom. The lowest BCUT2D eigenvalue weighted by molar-refractivity contribution is -0.115. The first kappa shape index (κ1) is 24.6. The van der Waals surface area contributed by atoms with Crippen LogP contribution < -0.4 is 24.4 Å². The van der Waals surface area contributed by atoms with Crippen LogP contribution in [0.1, 0.15) is 6.92 Å². The summed E-state index contributed by atoms with van der Waals surface area (Å²) in [5.41, 5.74) is 1.36. The largest absolute Gasteiger partial charge is 0.493 e. The standard InChI is InChI=1S/C24H25N3O6S/c1-17(28)25-18-9-11-19(12-10-18)26-24(29)16-27(20-7-5-4-6-8-20)34(30,31)21-13-14-22(32-2)23(15-21)33-3/h4-15H,16H2,1-3H3,(H,25,28)(H,26,29). The van der Waals surface area contributed by atoms with Gasteiger partial charge in [-0.1, -0.05) is 18.2 Å². The molecule has 0 aliphatic heterocycles. The smallest absolute Gasteiger partial charge is 0.264 e. The van der Waals surface area contributed by atoms with Gasteiger partial charge in [-0.15, -0.1) is 0 Å². The average molecular weight is 484 g/mol. The lowest BCUT2D eigenvalue weighted by Crippen LogP contribution is -2.38. The van der Waals surface area contributed by atoms with Crippen molar-refractivity contribution < 1.29 is 27.5 Å². The highest BCUT2D eigenvalue weighted by Gasteiger charge is 2.28. The monoisotopic (exact) mass is 483 g/mol. The number of sulfonamides is 1. The molecule has 178 valence electrons. The van der Waals surface area contributed by atoms with Crippen LogP contribution in [0.3, 0.4) is 0 Å². The number of para-hydroxylation sites is 1. The second kappa shape index (κ2) is 10.7. The Balaban J connectivity index is 1.88. The highest BCUT2D eigenvalue weighted by molar-refractivity contribution is 7.92. The summed E-state index contributed by atoms with van der Waals surface area (Å²) in [5.74, 6) is -0.121. The zero-order valence-electron chi connectivity index (χ0n) is 18.9. The zero-order valence-corrected chi connectivity index (χ0v) is 19.8. The molecule has 3 rings (SSSR count). The first-order valence-corrected chi connectivity index (χ1v) is 11.7. The molecule has 2 N–H and O–H groups in total. The van der Waals surface area contributed by atoms with Crippen LogP contribution >= 0.6 is 0 Å². The summed E-state index contributed by atoms with van der Waals surface area (Å²) in [6, 6.07) is 19.1. The minimum atomic E-state index is -4.13. The quantitative estimate of drug-likeness (QED) is 0.482. The van der Waals surface area contributed by atoms with Crippen molar-refractivity contribution in [2.75, 3.05) is 35.7 Å². The molecule has 3 aromatic rings. The maximum Gasteiger partial charge on any atom is 0.264 e. The molecular formula is C24H25N3O6S. The van der Waals surface area contributed by atoms with Crippen LogP contribution in [0.15, 0.2) is 77.7 Å². The average Bonchev–Trinajstić information content (AvgIpc) is 2.83. The number of methoxy groups -OCH3 is 2. The van der Waals surface area contributed by atoms with Gasteiger partial charge in [-0.05, 0) is 48.5 Å². The van der Waals surface area contributed by atoms with Gasteiger partial charge in [0.1, 0.15) is 6.54 Å². The number of rotatable bonds is 9. The van der Waals surface area contributed by atoms with E-state index in [2.05, 4.69) is 10.6 Å². The molecule has 0 spiro atoms. The topological polar surface area (TPSA) is 114 Å². The summed E-state index contributed by atoms with van der Waals surface area (Å²) in [6.07, 6.45) is 0. The Morgan fingerprint density at radius 3 is 1.97 bits per heavy atom. The van der Waals surface area contributed by atoms with Crippen molar-refractivity contribution in [1.29, 1.82) is 0 Å². The lowest BCUT2D eigenvalue weighted by Gasteiger charge is -2.24. The maximum absolute atomic E-state index is 13.5. The maximum atomic E-state index is 13.5. The Labute approximate surface area is 198 Å². The third-order valence-electron chi connectivity index (χ3n) is 4.76. The first-order chi connectivity index (χ1) is 16.2. The number of amides is 2. The SMILES string of the molecule is COc1ccc(S(=O)(=O)N(CC(=O)Nc2ccc(NC(C)=O)cc2)c2ccccc2)cc1OC. The fraction of sp³-hybridized carbons (Fsp3) is 0.167. The summed E-state index contributed by atoms with van der Waals surface area (Å²) in [6.45, 7) is 0.931. The van der Waals surface area contributed by atoms with Crippen molar-refractivity contribution in [2.24, 2.45) is 0 Å². The molecule has 0 saturated heterocycles. The summed E-state index contributed by atoms with van der Waals surface area (Å²) < 4.78 is 38.5. The minimum Gasteiger partial charge on any atom is -0.493 e. The number of ether oxygens (including phenoxy) is 2. The molecule has 9 nitrogen and oxygen atoms in total. The third kappa shape index (κ3) is 5.84. The van der Waals surface area contributed by atoms with Crippen molar-refractivity contribution in [3.63, 3.8) is 0 Å². The summed E-state index contributed by atoms with van der Waals surface area (Å²) >= 11 is 0. The molecule has 0 aromatic heterocycles. The molecule has 0 fully saturated rings. The van der Waals surface area contributed by atoms with Crippen molar-refractivity contribution >= 4 is 38.9 Å². The molecule has 0 aliphatic carbocycles. The molecule has 0 bridgehead atoms. The van der Waals surface area contributed by atoms with Crippen LogP contribution in [0.4, 0.5) is 17.1 Å².